The number of aromatic hydroxyl groups is 1. The summed E-state index contributed by atoms with van der Waals surface area (Å²) in [6, 6.07) is 8.65. The normalized spacial score (nSPS) is 10.4. The van der Waals surface area contributed by atoms with Gasteiger partial charge in [-0.1, -0.05) is 12.1 Å². The van der Waals surface area contributed by atoms with Gasteiger partial charge in [-0.2, -0.15) is 5.26 Å². The van der Waals surface area contributed by atoms with Crippen LogP contribution in [0.15, 0.2) is 30.6 Å². The quantitative estimate of drug-likeness (QED) is 0.669. The molecule has 0 unspecified atom stereocenters. The second-order valence-corrected chi connectivity index (χ2v) is 3.67. The average molecular weight is 237 g/mol. The van der Waals surface area contributed by atoms with E-state index in [1.54, 1.807) is 24.3 Å². The van der Waals surface area contributed by atoms with Crippen LogP contribution in [-0.2, 0) is 0 Å². The summed E-state index contributed by atoms with van der Waals surface area (Å²) in [5.41, 5.74) is 1.90. The Kier molecular flexibility index (Phi) is 2.17. The largest absolute Gasteiger partial charge is 0.508 e. The number of nitrogens with one attached hydrogen (secondary N) is 1. The van der Waals surface area contributed by atoms with E-state index in [2.05, 4.69) is 19.9 Å². The first-order valence-corrected chi connectivity index (χ1v) is 5.18. The van der Waals surface area contributed by atoms with Gasteiger partial charge >= 0.3 is 0 Å². The number of aromatic amines is 1. The molecule has 2 N–H and O–H groups in total. The van der Waals surface area contributed by atoms with Gasteiger partial charge < -0.3 is 10.1 Å². The molecule has 0 spiro atoms. The minimum atomic E-state index is 0.152. The van der Waals surface area contributed by atoms with Crippen molar-refractivity contribution in [1.29, 1.82) is 5.26 Å². The van der Waals surface area contributed by atoms with Crippen molar-refractivity contribution in [2.24, 2.45) is 0 Å². The lowest BCUT2D eigenvalue weighted by molar-refractivity contribution is 0.475. The molecule has 86 valence electrons. The summed E-state index contributed by atoms with van der Waals surface area (Å²) in [6.07, 6.45) is 1.30. The summed E-state index contributed by atoms with van der Waals surface area (Å²) in [7, 11) is 0. The Morgan fingerprint density at radius 3 is 2.94 bits per heavy atom. The van der Waals surface area contributed by atoms with Crippen LogP contribution >= 0.6 is 0 Å². The monoisotopic (exact) mass is 237 g/mol. The summed E-state index contributed by atoms with van der Waals surface area (Å²) < 4.78 is 0. The highest BCUT2D eigenvalue weighted by Gasteiger charge is 2.10. The molecule has 0 aliphatic rings. The SMILES string of the molecule is N#Cc1ncnc2nc(-c3cccc(O)c3)[nH]c12. The Bertz CT molecular complexity index is 771. The van der Waals surface area contributed by atoms with E-state index in [1.165, 1.54) is 6.33 Å². The second kappa shape index (κ2) is 3.82. The number of phenolic OH excluding ortho intramolecular Hbond substituents is 1. The highest BCUT2D eigenvalue weighted by atomic mass is 16.3. The lowest BCUT2D eigenvalue weighted by atomic mass is 10.2. The van der Waals surface area contributed by atoms with Crippen molar-refractivity contribution in [3.8, 4) is 23.2 Å². The molecule has 0 aliphatic carbocycles. The molecule has 0 fully saturated rings. The summed E-state index contributed by atoms with van der Waals surface area (Å²) in [4.78, 5) is 15.1. The van der Waals surface area contributed by atoms with E-state index in [0.717, 1.165) is 5.56 Å². The number of imidazole rings is 1. The Morgan fingerprint density at radius 1 is 1.28 bits per heavy atom. The van der Waals surface area contributed by atoms with Crippen molar-refractivity contribution in [2.75, 3.05) is 0 Å². The molecule has 2 heterocycles. The molecule has 6 heteroatoms. The van der Waals surface area contributed by atoms with Gasteiger partial charge in [-0.3, -0.25) is 0 Å². The molecular formula is C12H7N5O. The van der Waals surface area contributed by atoms with Gasteiger partial charge in [0.2, 0.25) is 0 Å². The Balaban J connectivity index is 2.23. The lowest BCUT2D eigenvalue weighted by Crippen LogP contribution is -1.86. The molecule has 6 nitrogen and oxygen atoms in total. The Labute approximate surface area is 102 Å². The van der Waals surface area contributed by atoms with Gasteiger partial charge in [0.25, 0.3) is 0 Å². The molecule has 0 saturated carbocycles. The van der Waals surface area contributed by atoms with Crippen LogP contribution in [0.3, 0.4) is 0 Å². The van der Waals surface area contributed by atoms with E-state index < -0.39 is 0 Å². The van der Waals surface area contributed by atoms with Gasteiger partial charge in [0, 0.05) is 5.56 Å². The molecule has 0 amide bonds. The molecule has 1 aromatic carbocycles. The zero-order chi connectivity index (χ0) is 12.5. The van der Waals surface area contributed by atoms with E-state index >= 15 is 0 Å². The number of phenols is 1. The number of hydrogen-bond acceptors (Lipinski definition) is 5. The number of aromatic nitrogens is 4. The topological polar surface area (TPSA) is 98.5 Å². The lowest BCUT2D eigenvalue weighted by Gasteiger charge is -1.96. The molecule has 18 heavy (non-hydrogen) atoms. The molecule has 0 saturated heterocycles. The van der Waals surface area contributed by atoms with Crippen LogP contribution in [0.5, 0.6) is 5.75 Å². The fourth-order valence-electron chi connectivity index (χ4n) is 1.70. The van der Waals surface area contributed by atoms with Crippen LogP contribution in [0.1, 0.15) is 5.69 Å². The first-order chi connectivity index (χ1) is 8.78. The predicted octanol–water partition coefficient (Wildman–Crippen LogP) is 1.60. The van der Waals surface area contributed by atoms with Crippen molar-refractivity contribution in [1.82, 2.24) is 19.9 Å². The maximum atomic E-state index is 9.43. The second-order valence-electron chi connectivity index (χ2n) is 3.67. The zero-order valence-corrected chi connectivity index (χ0v) is 9.12. The van der Waals surface area contributed by atoms with Crippen molar-refractivity contribution >= 4 is 11.2 Å². The minimum absolute atomic E-state index is 0.152. The number of hydrogen-bond donors (Lipinski definition) is 2. The Morgan fingerprint density at radius 2 is 2.17 bits per heavy atom. The van der Waals surface area contributed by atoms with Crippen LogP contribution in [0.25, 0.3) is 22.6 Å². The molecule has 0 atom stereocenters. The maximum Gasteiger partial charge on any atom is 0.182 e. The van der Waals surface area contributed by atoms with Gasteiger partial charge in [-0.25, -0.2) is 15.0 Å². The fourth-order valence-corrected chi connectivity index (χ4v) is 1.70. The standard InChI is InChI=1S/C12H7N5O/c13-5-9-10-12(15-6-14-9)17-11(16-10)7-2-1-3-8(18)4-7/h1-4,6,18H,(H,14,15,16,17). The van der Waals surface area contributed by atoms with Crippen molar-refractivity contribution < 1.29 is 5.11 Å². The first kappa shape index (κ1) is 10.2. The highest BCUT2D eigenvalue weighted by molar-refractivity contribution is 5.79. The van der Waals surface area contributed by atoms with E-state index in [9.17, 15) is 5.11 Å². The predicted molar refractivity (Wildman–Crippen MR) is 63.5 cm³/mol. The number of fused-ring (bicyclic) bond motifs is 1. The van der Waals surface area contributed by atoms with Gasteiger partial charge in [-0.15, -0.1) is 0 Å². The van der Waals surface area contributed by atoms with Crippen molar-refractivity contribution in [3.63, 3.8) is 0 Å². The summed E-state index contributed by atoms with van der Waals surface area (Å²) in [5, 5.41) is 18.4. The molecule has 3 rings (SSSR count). The third-order valence-electron chi connectivity index (χ3n) is 2.51. The third kappa shape index (κ3) is 1.55. The van der Waals surface area contributed by atoms with Crippen LogP contribution in [-0.4, -0.2) is 25.0 Å². The van der Waals surface area contributed by atoms with Gasteiger partial charge in [0.05, 0.1) is 0 Å². The summed E-state index contributed by atoms with van der Waals surface area (Å²) >= 11 is 0. The highest BCUT2D eigenvalue weighted by Crippen LogP contribution is 2.23. The minimum Gasteiger partial charge on any atom is -0.508 e. The van der Waals surface area contributed by atoms with Crippen LogP contribution in [0.4, 0.5) is 0 Å². The number of rotatable bonds is 1. The molecular weight excluding hydrogens is 230 g/mol. The van der Waals surface area contributed by atoms with E-state index in [-0.39, 0.29) is 11.4 Å². The zero-order valence-electron chi connectivity index (χ0n) is 9.12. The van der Waals surface area contributed by atoms with Gasteiger partial charge in [0.15, 0.2) is 11.3 Å². The summed E-state index contributed by atoms with van der Waals surface area (Å²) in [5.74, 6) is 0.692. The van der Waals surface area contributed by atoms with Crippen molar-refractivity contribution in [3.05, 3.63) is 36.3 Å². The number of H-pyrrole nitrogens is 1. The number of nitriles is 1. The molecule has 0 aliphatic heterocycles. The van der Waals surface area contributed by atoms with Crippen LogP contribution in [0.2, 0.25) is 0 Å². The average Bonchev–Trinajstić information content (AvgIpc) is 2.82. The van der Waals surface area contributed by atoms with Crippen molar-refractivity contribution in [2.45, 2.75) is 0 Å². The third-order valence-corrected chi connectivity index (χ3v) is 2.51. The molecule has 0 radical (unpaired) electrons. The first-order valence-electron chi connectivity index (χ1n) is 5.18. The number of benzene rings is 1. The van der Waals surface area contributed by atoms with Gasteiger partial charge in [0.1, 0.15) is 29.5 Å². The number of nitrogens with zero attached hydrogens (tertiary/aromatic N) is 4. The smallest absolute Gasteiger partial charge is 0.182 e. The Hall–Kier alpha value is -2.94. The van der Waals surface area contributed by atoms with Crippen LogP contribution < -0.4 is 0 Å². The maximum absolute atomic E-state index is 9.43. The van der Waals surface area contributed by atoms with Gasteiger partial charge in [-0.05, 0) is 12.1 Å². The van der Waals surface area contributed by atoms with E-state index in [1.807, 2.05) is 6.07 Å². The molecule has 0 bridgehead atoms. The summed E-state index contributed by atoms with van der Waals surface area (Å²) in [6.45, 7) is 0. The molecule has 3 aromatic rings. The van der Waals surface area contributed by atoms with E-state index in [4.69, 9.17) is 5.26 Å². The van der Waals surface area contributed by atoms with E-state index in [0.29, 0.717) is 17.0 Å². The van der Waals surface area contributed by atoms with Crippen LogP contribution in [0, 0.1) is 11.3 Å². The molecule has 2 aromatic heterocycles. The fraction of sp³-hybridized carbons (Fsp3) is 0.